The molecule has 0 N–H and O–H groups in total. The Balaban J connectivity index is 2.33. The van der Waals surface area contributed by atoms with Crippen LogP contribution in [0, 0.1) is 11.6 Å². The minimum absolute atomic E-state index is 0.310. The molecule has 20 heavy (non-hydrogen) atoms. The SMILES string of the molecule is CCCc1ccc(C(=O)c2cc(F)c(Cl)cc2F)cc1. The fourth-order valence-electron chi connectivity index (χ4n) is 1.96. The third-order valence-corrected chi connectivity index (χ3v) is 3.30. The van der Waals surface area contributed by atoms with E-state index in [1.54, 1.807) is 12.1 Å². The molecule has 2 aromatic carbocycles. The highest BCUT2D eigenvalue weighted by Crippen LogP contribution is 2.22. The Morgan fingerprint density at radius 2 is 1.75 bits per heavy atom. The summed E-state index contributed by atoms with van der Waals surface area (Å²) in [6.07, 6.45) is 1.92. The van der Waals surface area contributed by atoms with Gasteiger partial charge in [-0.3, -0.25) is 4.79 Å². The summed E-state index contributed by atoms with van der Waals surface area (Å²) in [4.78, 5) is 12.2. The number of carbonyl (C=O) groups is 1. The van der Waals surface area contributed by atoms with E-state index in [-0.39, 0.29) is 10.6 Å². The Kier molecular flexibility index (Phi) is 4.50. The molecule has 0 atom stereocenters. The number of ketones is 1. The summed E-state index contributed by atoms with van der Waals surface area (Å²) in [5.74, 6) is -2.18. The number of hydrogen-bond donors (Lipinski definition) is 0. The maximum Gasteiger partial charge on any atom is 0.196 e. The van der Waals surface area contributed by atoms with Crippen LogP contribution in [-0.2, 0) is 6.42 Å². The lowest BCUT2D eigenvalue weighted by molar-refractivity contribution is 0.103. The zero-order chi connectivity index (χ0) is 14.7. The lowest BCUT2D eigenvalue weighted by Crippen LogP contribution is -2.05. The average Bonchev–Trinajstić information content (AvgIpc) is 2.43. The van der Waals surface area contributed by atoms with Crippen LogP contribution in [0.4, 0.5) is 8.78 Å². The van der Waals surface area contributed by atoms with Crippen LogP contribution in [0.3, 0.4) is 0 Å². The average molecular weight is 295 g/mol. The fraction of sp³-hybridized carbons (Fsp3) is 0.188. The lowest BCUT2D eigenvalue weighted by Gasteiger charge is -2.05. The molecule has 0 amide bonds. The van der Waals surface area contributed by atoms with Crippen molar-refractivity contribution in [2.24, 2.45) is 0 Å². The molecule has 0 saturated carbocycles. The highest BCUT2D eigenvalue weighted by molar-refractivity contribution is 6.30. The van der Waals surface area contributed by atoms with Gasteiger partial charge in [0, 0.05) is 5.56 Å². The molecule has 1 nitrogen and oxygen atoms in total. The summed E-state index contributed by atoms with van der Waals surface area (Å²) in [7, 11) is 0. The molecule has 104 valence electrons. The van der Waals surface area contributed by atoms with E-state index in [0.717, 1.165) is 30.5 Å². The van der Waals surface area contributed by atoms with E-state index < -0.39 is 17.4 Å². The van der Waals surface area contributed by atoms with Crippen molar-refractivity contribution >= 4 is 17.4 Å². The van der Waals surface area contributed by atoms with Gasteiger partial charge in [0.2, 0.25) is 0 Å². The molecule has 4 heteroatoms. The van der Waals surface area contributed by atoms with E-state index in [1.165, 1.54) is 0 Å². The summed E-state index contributed by atoms with van der Waals surface area (Å²) in [6, 6.07) is 8.54. The van der Waals surface area contributed by atoms with Crippen molar-refractivity contribution in [2.45, 2.75) is 19.8 Å². The topological polar surface area (TPSA) is 17.1 Å². The van der Waals surface area contributed by atoms with Gasteiger partial charge in [-0.25, -0.2) is 8.78 Å². The van der Waals surface area contributed by atoms with Crippen molar-refractivity contribution in [2.75, 3.05) is 0 Å². The molecule has 0 aliphatic carbocycles. The van der Waals surface area contributed by atoms with Gasteiger partial charge in [-0.2, -0.15) is 0 Å². The molecule has 0 bridgehead atoms. The third kappa shape index (κ3) is 3.05. The number of rotatable bonds is 4. The molecule has 0 spiro atoms. The van der Waals surface area contributed by atoms with E-state index in [9.17, 15) is 13.6 Å². The molecule has 0 heterocycles. The predicted molar refractivity (Wildman–Crippen MR) is 75.2 cm³/mol. The molecule has 0 aliphatic rings. The van der Waals surface area contributed by atoms with Gasteiger partial charge in [-0.1, -0.05) is 49.2 Å². The van der Waals surface area contributed by atoms with Crippen molar-refractivity contribution in [3.05, 3.63) is 69.7 Å². The summed E-state index contributed by atoms with van der Waals surface area (Å²) in [5.41, 5.74) is 1.12. The Hall–Kier alpha value is -1.74. The lowest BCUT2D eigenvalue weighted by atomic mass is 10.0. The molecule has 2 aromatic rings. The second-order valence-electron chi connectivity index (χ2n) is 4.52. The molecule has 0 fully saturated rings. The minimum Gasteiger partial charge on any atom is -0.288 e. The summed E-state index contributed by atoms with van der Waals surface area (Å²) in [5, 5.41) is -0.336. The molecule has 0 aromatic heterocycles. The molecule has 0 aliphatic heterocycles. The number of hydrogen-bond acceptors (Lipinski definition) is 1. The standard InChI is InChI=1S/C16H13ClF2O/c1-2-3-10-4-6-11(7-5-10)16(20)12-8-15(19)13(17)9-14(12)18/h4-9H,2-3H2,1H3. The molecule has 0 radical (unpaired) electrons. The van der Waals surface area contributed by atoms with Gasteiger partial charge in [0.05, 0.1) is 10.6 Å². The Bertz CT molecular complexity index is 636. The van der Waals surface area contributed by atoms with Gasteiger partial charge in [0.25, 0.3) is 0 Å². The van der Waals surface area contributed by atoms with E-state index in [0.29, 0.717) is 5.56 Å². The summed E-state index contributed by atoms with van der Waals surface area (Å²) < 4.78 is 27.0. The zero-order valence-corrected chi connectivity index (χ0v) is 11.7. The van der Waals surface area contributed by atoms with Gasteiger partial charge in [-0.05, 0) is 24.1 Å². The number of carbonyl (C=O) groups excluding carboxylic acids is 1. The van der Waals surface area contributed by atoms with Crippen molar-refractivity contribution in [3.63, 3.8) is 0 Å². The minimum atomic E-state index is -0.820. The van der Waals surface area contributed by atoms with Crippen LogP contribution < -0.4 is 0 Å². The quantitative estimate of drug-likeness (QED) is 0.584. The monoisotopic (exact) mass is 294 g/mol. The molecular formula is C16H13ClF2O. The van der Waals surface area contributed by atoms with Gasteiger partial charge < -0.3 is 0 Å². The van der Waals surface area contributed by atoms with E-state index >= 15 is 0 Å². The predicted octanol–water partition coefficient (Wildman–Crippen LogP) is 4.80. The summed E-state index contributed by atoms with van der Waals surface area (Å²) in [6.45, 7) is 2.06. The first kappa shape index (κ1) is 14.7. The molecule has 2 rings (SSSR count). The number of halogens is 3. The Labute approximate surface area is 121 Å². The van der Waals surface area contributed by atoms with Crippen LogP contribution in [0.25, 0.3) is 0 Å². The van der Waals surface area contributed by atoms with E-state index in [2.05, 4.69) is 6.92 Å². The second-order valence-corrected chi connectivity index (χ2v) is 4.93. The highest BCUT2D eigenvalue weighted by Gasteiger charge is 2.17. The maximum atomic E-state index is 13.7. The second kappa shape index (κ2) is 6.14. The van der Waals surface area contributed by atoms with Crippen LogP contribution in [0.15, 0.2) is 36.4 Å². The number of aryl methyl sites for hydroxylation is 1. The first-order valence-corrected chi connectivity index (χ1v) is 6.69. The molecule has 0 saturated heterocycles. The maximum absolute atomic E-state index is 13.7. The van der Waals surface area contributed by atoms with Crippen molar-refractivity contribution < 1.29 is 13.6 Å². The van der Waals surface area contributed by atoms with Crippen molar-refractivity contribution in [1.82, 2.24) is 0 Å². The van der Waals surface area contributed by atoms with Crippen molar-refractivity contribution in [3.8, 4) is 0 Å². The Morgan fingerprint density at radius 1 is 1.10 bits per heavy atom. The van der Waals surface area contributed by atoms with Gasteiger partial charge in [0.15, 0.2) is 5.78 Å². The first-order chi connectivity index (χ1) is 9.52. The van der Waals surface area contributed by atoms with Crippen LogP contribution >= 0.6 is 11.6 Å². The third-order valence-electron chi connectivity index (χ3n) is 3.01. The summed E-state index contributed by atoms with van der Waals surface area (Å²) >= 11 is 5.47. The van der Waals surface area contributed by atoms with Crippen LogP contribution in [0.1, 0.15) is 34.8 Å². The van der Waals surface area contributed by atoms with Crippen LogP contribution in [0.5, 0.6) is 0 Å². The molecular weight excluding hydrogens is 282 g/mol. The van der Waals surface area contributed by atoms with Crippen LogP contribution in [0.2, 0.25) is 5.02 Å². The van der Waals surface area contributed by atoms with E-state index in [1.807, 2.05) is 12.1 Å². The fourth-order valence-corrected chi connectivity index (χ4v) is 2.11. The van der Waals surface area contributed by atoms with Crippen LogP contribution in [-0.4, -0.2) is 5.78 Å². The highest BCUT2D eigenvalue weighted by atomic mass is 35.5. The smallest absolute Gasteiger partial charge is 0.196 e. The number of benzene rings is 2. The molecule has 0 unspecified atom stereocenters. The first-order valence-electron chi connectivity index (χ1n) is 6.31. The Morgan fingerprint density at radius 3 is 2.35 bits per heavy atom. The van der Waals surface area contributed by atoms with Gasteiger partial charge in [-0.15, -0.1) is 0 Å². The normalized spacial score (nSPS) is 10.6. The largest absolute Gasteiger partial charge is 0.288 e. The van der Waals surface area contributed by atoms with E-state index in [4.69, 9.17) is 11.6 Å². The van der Waals surface area contributed by atoms with Gasteiger partial charge >= 0.3 is 0 Å². The van der Waals surface area contributed by atoms with Crippen molar-refractivity contribution in [1.29, 1.82) is 0 Å². The zero-order valence-electron chi connectivity index (χ0n) is 10.9. The van der Waals surface area contributed by atoms with Gasteiger partial charge in [0.1, 0.15) is 11.6 Å².